The minimum atomic E-state index is -0.633. The molecule has 0 aromatic heterocycles. The summed E-state index contributed by atoms with van der Waals surface area (Å²) in [4.78, 5) is 16.7. The van der Waals surface area contributed by atoms with Crippen LogP contribution in [0.3, 0.4) is 0 Å². The molecule has 0 spiro atoms. The first-order valence-corrected chi connectivity index (χ1v) is 11.2. The van der Waals surface area contributed by atoms with E-state index >= 15 is 4.39 Å². The van der Waals surface area contributed by atoms with E-state index in [0.29, 0.717) is 29.2 Å². The number of carbonyl (C=O) groups is 1. The average Bonchev–Trinajstić information content (AvgIpc) is 3.10. The van der Waals surface area contributed by atoms with Crippen LogP contribution in [0.2, 0.25) is 0 Å². The number of hydrogen-bond donors (Lipinski definition) is 1. The van der Waals surface area contributed by atoms with Crippen molar-refractivity contribution in [1.82, 2.24) is 4.90 Å². The van der Waals surface area contributed by atoms with Gasteiger partial charge < -0.3 is 24.0 Å². The Morgan fingerprint density at radius 3 is 2.37 bits per heavy atom. The first-order valence-electron chi connectivity index (χ1n) is 11.2. The Labute approximate surface area is 216 Å². The average molecular weight is 550 g/mol. The van der Waals surface area contributed by atoms with Gasteiger partial charge in [-0.3, -0.25) is 10.2 Å². The molecule has 1 heterocycles. The summed E-state index contributed by atoms with van der Waals surface area (Å²) in [6.07, 6.45) is 0. The highest BCUT2D eigenvalue weighted by Crippen LogP contribution is 2.40. The van der Waals surface area contributed by atoms with Crippen molar-refractivity contribution in [2.45, 2.75) is 27.3 Å². The van der Waals surface area contributed by atoms with Crippen molar-refractivity contribution < 1.29 is 23.4 Å². The minimum Gasteiger partial charge on any atom is -0.494 e. The number of carbonyl (C=O) groups excluding carboxylic acids is 1. The second kappa shape index (κ2) is 11.6. The van der Waals surface area contributed by atoms with Crippen LogP contribution in [0.4, 0.5) is 10.1 Å². The molecule has 0 atom stereocenters. The Kier molecular flexibility index (Phi) is 9.31. The monoisotopic (exact) mass is 549 g/mol. The van der Waals surface area contributed by atoms with E-state index in [-0.39, 0.29) is 59.6 Å². The third-order valence-electron chi connectivity index (χ3n) is 5.64. The SMILES string of the molecule is Br.C=C(C)c1cc(C(=O)CN2Cc3cc(OCC)c(OCC)c(F)c3C2=N)cc(N(C)C)c1OC. The van der Waals surface area contributed by atoms with E-state index in [1.807, 2.05) is 32.8 Å². The minimum absolute atomic E-state index is 0. The highest BCUT2D eigenvalue weighted by molar-refractivity contribution is 8.93. The fraction of sp³-hybridized carbons (Fsp3) is 0.385. The number of benzene rings is 2. The molecule has 1 N–H and O–H groups in total. The number of anilines is 1. The number of Topliss-reactive ketones (excluding diaryl/α,β-unsaturated/α-hetero) is 1. The van der Waals surface area contributed by atoms with Gasteiger partial charge in [-0.25, -0.2) is 4.39 Å². The highest BCUT2D eigenvalue weighted by atomic mass is 79.9. The molecule has 1 aliphatic rings. The molecule has 0 amide bonds. The van der Waals surface area contributed by atoms with Crippen LogP contribution < -0.4 is 19.1 Å². The lowest BCUT2D eigenvalue weighted by Crippen LogP contribution is -2.30. The standard InChI is InChI=1S/C26H32FN3O4.BrH/c1-8-33-21-12-17-13-30(26(28)22(17)23(27)25(21)34-9-2)14-20(31)16-10-18(15(3)4)24(32-7)19(11-16)29(5)6;/h10-12,28H,3,8-9,13-14H2,1-2,4-7H3;1H. The number of rotatable bonds is 10. The fourth-order valence-electron chi connectivity index (χ4n) is 4.06. The van der Waals surface area contributed by atoms with E-state index in [1.54, 1.807) is 37.1 Å². The van der Waals surface area contributed by atoms with Crippen LogP contribution in [0, 0.1) is 11.2 Å². The molecule has 0 saturated heterocycles. The van der Waals surface area contributed by atoms with Gasteiger partial charge in [-0.05, 0) is 50.1 Å². The number of fused-ring (bicyclic) bond motifs is 1. The van der Waals surface area contributed by atoms with Gasteiger partial charge in [0.15, 0.2) is 23.1 Å². The summed E-state index contributed by atoms with van der Waals surface area (Å²) in [5.74, 6) is 0.0694. The maximum absolute atomic E-state index is 15.3. The molecule has 1 aliphatic heterocycles. The van der Waals surface area contributed by atoms with Crippen LogP contribution in [-0.4, -0.2) is 57.5 Å². The van der Waals surface area contributed by atoms with E-state index < -0.39 is 5.82 Å². The molecule has 0 fully saturated rings. The lowest BCUT2D eigenvalue weighted by atomic mass is 9.99. The van der Waals surface area contributed by atoms with Gasteiger partial charge in [0.25, 0.3) is 0 Å². The van der Waals surface area contributed by atoms with Crippen LogP contribution in [0.1, 0.15) is 47.8 Å². The van der Waals surface area contributed by atoms with Crippen molar-refractivity contribution in [2.24, 2.45) is 0 Å². The lowest BCUT2D eigenvalue weighted by molar-refractivity contribution is 0.0962. The molecule has 9 heteroatoms. The molecular weight excluding hydrogens is 517 g/mol. The molecule has 3 rings (SSSR count). The zero-order chi connectivity index (χ0) is 25.2. The summed E-state index contributed by atoms with van der Waals surface area (Å²) in [5, 5.41) is 8.57. The summed E-state index contributed by atoms with van der Waals surface area (Å²) in [5.41, 5.74) is 3.46. The third-order valence-corrected chi connectivity index (χ3v) is 5.64. The van der Waals surface area contributed by atoms with E-state index in [0.717, 1.165) is 16.8 Å². The van der Waals surface area contributed by atoms with Crippen molar-refractivity contribution in [2.75, 3.05) is 45.9 Å². The molecule has 2 aromatic carbocycles. The number of hydrogen-bond acceptors (Lipinski definition) is 6. The van der Waals surface area contributed by atoms with Crippen LogP contribution in [0.25, 0.3) is 5.57 Å². The van der Waals surface area contributed by atoms with Crippen LogP contribution in [-0.2, 0) is 6.54 Å². The number of ketones is 1. The Hall–Kier alpha value is -3.07. The van der Waals surface area contributed by atoms with Crippen LogP contribution in [0.5, 0.6) is 17.2 Å². The van der Waals surface area contributed by atoms with E-state index in [9.17, 15) is 4.79 Å². The molecular formula is C26H33BrFN3O4. The maximum atomic E-state index is 15.3. The zero-order valence-electron chi connectivity index (χ0n) is 21.1. The van der Waals surface area contributed by atoms with Gasteiger partial charge in [0, 0.05) is 31.8 Å². The Bertz CT molecular complexity index is 1150. The van der Waals surface area contributed by atoms with E-state index in [1.165, 1.54) is 0 Å². The smallest absolute Gasteiger partial charge is 0.197 e. The van der Waals surface area contributed by atoms with Crippen LogP contribution >= 0.6 is 17.0 Å². The van der Waals surface area contributed by atoms with Crippen LogP contribution in [0.15, 0.2) is 24.8 Å². The van der Waals surface area contributed by atoms with Gasteiger partial charge in [-0.15, -0.1) is 17.0 Å². The Balaban J connectivity index is 0.00000432. The predicted molar refractivity (Wildman–Crippen MR) is 143 cm³/mol. The first kappa shape index (κ1) is 28.2. The summed E-state index contributed by atoms with van der Waals surface area (Å²) >= 11 is 0. The van der Waals surface area contributed by atoms with Crippen molar-refractivity contribution in [3.63, 3.8) is 0 Å². The molecule has 35 heavy (non-hydrogen) atoms. The number of nitrogens with one attached hydrogen (secondary N) is 1. The van der Waals surface area contributed by atoms with Gasteiger partial charge in [-0.2, -0.15) is 0 Å². The number of ether oxygens (including phenoxy) is 3. The lowest BCUT2D eigenvalue weighted by Gasteiger charge is -2.22. The molecule has 0 aliphatic carbocycles. The van der Waals surface area contributed by atoms with Crippen molar-refractivity contribution >= 4 is 39.9 Å². The number of methoxy groups -OCH3 is 1. The molecule has 0 bridgehead atoms. The molecule has 0 unspecified atom stereocenters. The van der Waals surface area contributed by atoms with Crippen molar-refractivity contribution in [3.8, 4) is 17.2 Å². The van der Waals surface area contributed by atoms with Gasteiger partial charge in [0.1, 0.15) is 11.6 Å². The van der Waals surface area contributed by atoms with Crippen molar-refractivity contribution in [1.29, 1.82) is 5.41 Å². The number of halogens is 2. The normalized spacial score (nSPS) is 12.1. The second-order valence-corrected chi connectivity index (χ2v) is 8.30. The third kappa shape index (κ3) is 5.45. The van der Waals surface area contributed by atoms with Gasteiger partial charge >= 0.3 is 0 Å². The van der Waals surface area contributed by atoms with E-state index in [4.69, 9.17) is 19.6 Å². The predicted octanol–water partition coefficient (Wildman–Crippen LogP) is 5.33. The zero-order valence-corrected chi connectivity index (χ0v) is 22.8. The summed E-state index contributed by atoms with van der Waals surface area (Å²) in [7, 11) is 5.33. The summed E-state index contributed by atoms with van der Waals surface area (Å²) < 4.78 is 31.9. The second-order valence-electron chi connectivity index (χ2n) is 8.30. The fourth-order valence-corrected chi connectivity index (χ4v) is 4.06. The maximum Gasteiger partial charge on any atom is 0.197 e. The molecule has 0 radical (unpaired) electrons. The quantitative estimate of drug-likeness (QED) is 0.403. The Morgan fingerprint density at radius 2 is 1.83 bits per heavy atom. The van der Waals surface area contributed by atoms with Gasteiger partial charge in [0.2, 0.25) is 0 Å². The van der Waals surface area contributed by atoms with E-state index in [2.05, 4.69) is 6.58 Å². The molecule has 0 saturated carbocycles. The van der Waals surface area contributed by atoms with Gasteiger partial charge in [0.05, 0.1) is 38.1 Å². The number of allylic oxidation sites excluding steroid dienone is 1. The largest absolute Gasteiger partial charge is 0.494 e. The van der Waals surface area contributed by atoms with Crippen molar-refractivity contribution in [3.05, 3.63) is 52.8 Å². The Morgan fingerprint density at radius 1 is 1.17 bits per heavy atom. The number of amidine groups is 1. The summed E-state index contributed by atoms with van der Waals surface area (Å²) in [6.45, 7) is 10.2. The highest BCUT2D eigenvalue weighted by Gasteiger charge is 2.33. The molecule has 2 aromatic rings. The molecule has 190 valence electrons. The first-order chi connectivity index (χ1) is 16.1. The molecule has 7 nitrogen and oxygen atoms in total. The topological polar surface area (TPSA) is 75.1 Å². The number of nitrogens with zero attached hydrogens (tertiary/aromatic N) is 2. The van der Waals surface area contributed by atoms with Gasteiger partial charge in [-0.1, -0.05) is 6.58 Å². The summed E-state index contributed by atoms with van der Waals surface area (Å²) in [6, 6.07) is 5.22.